The maximum atomic E-state index is 5.56. The van der Waals surface area contributed by atoms with Crippen LogP contribution >= 0.6 is 0 Å². The highest BCUT2D eigenvalue weighted by molar-refractivity contribution is 5.22. The number of hydrogen-bond acceptors (Lipinski definition) is 5. The van der Waals surface area contributed by atoms with Crippen molar-refractivity contribution in [2.75, 3.05) is 13.2 Å². The molecule has 82 valence electrons. The van der Waals surface area contributed by atoms with E-state index in [1.54, 1.807) is 6.20 Å². The third-order valence-corrected chi connectivity index (χ3v) is 2.42. The molecule has 0 aromatic carbocycles. The first-order chi connectivity index (χ1) is 7.40. The summed E-state index contributed by atoms with van der Waals surface area (Å²) in [6, 6.07) is 1.82. The minimum absolute atomic E-state index is 0.192. The Hall–Kier alpha value is -1.20. The van der Waals surface area contributed by atoms with Gasteiger partial charge in [-0.05, 0) is 18.9 Å². The molecule has 15 heavy (non-hydrogen) atoms. The van der Waals surface area contributed by atoms with E-state index in [4.69, 9.17) is 15.2 Å². The van der Waals surface area contributed by atoms with Gasteiger partial charge < -0.3 is 15.2 Å². The average molecular weight is 209 g/mol. The average Bonchev–Trinajstić information content (AvgIpc) is 2.79. The lowest BCUT2D eigenvalue weighted by Gasteiger charge is -2.11. The van der Waals surface area contributed by atoms with Gasteiger partial charge >= 0.3 is 0 Å². The largest absolute Gasteiger partial charge is 0.474 e. The van der Waals surface area contributed by atoms with E-state index in [0.717, 1.165) is 25.0 Å². The van der Waals surface area contributed by atoms with Crippen LogP contribution in [0.2, 0.25) is 0 Å². The summed E-state index contributed by atoms with van der Waals surface area (Å²) in [5, 5.41) is 7.67. The zero-order valence-corrected chi connectivity index (χ0v) is 8.56. The molecular weight excluding hydrogens is 194 g/mol. The van der Waals surface area contributed by atoms with Crippen molar-refractivity contribution in [2.24, 2.45) is 5.73 Å². The van der Waals surface area contributed by atoms with Crippen molar-refractivity contribution in [1.82, 2.24) is 10.2 Å². The van der Waals surface area contributed by atoms with Gasteiger partial charge in [0, 0.05) is 18.7 Å². The lowest BCUT2D eigenvalue weighted by Crippen LogP contribution is -2.18. The second-order valence-corrected chi connectivity index (χ2v) is 3.51. The lowest BCUT2D eigenvalue weighted by atomic mass is 10.2. The minimum atomic E-state index is 0.192. The van der Waals surface area contributed by atoms with Crippen LogP contribution in [0.1, 0.15) is 18.4 Å². The van der Waals surface area contributed by atoms with Gasteiger partial charge in [-0.3, -0.25) is 0 Å². The molecule has 0 saturated carbocycles. The molecule has 2 heterocycles. The van der Waals surface area contributed by atoms with Crippen molar-refractivity contribution in [3.8, 4) is 5.88 Å². The zero-order chi connectivity index (χ0) is 10.5. The molecule has 1 fully saturated rings. The van der Waals surface area contributed by atoms with E-state index < -0.39 is 0 Å². The Morgan fingerprint density at radius 2 is 2.53 bits per heavy atom. The predicted octanol–water partition coefficient (Wildman–Crippen LogP) is 0.493. The summed E-state index contributed by atoms with van der Waals surface area (Å²) in [6.07, 6.45) is 3.97. The van der Waals surface area contributed by atoms with E-state index in [0.29, 0.717) is 19.0 Å². The van der Waals surface area contributed by atoms with Crippen molar-refractivity contribution >= 4 is 0 Å². The summed E-state index contributed by atoms with van der Waals surface area (Å²) in [6.45, 7) is 1.78. The van der Waals surface area contributed by atoms with Crippen LogP contribution < -0.4 is 10.5 Å². The Bertz CT molecular complexity index is 313. The van der Waals surface area contributed by atoms with Gasteiger partial charge in [-0.15, -0.1) is 5.10 Å². The molecule has 1 aliphatic heterocycles. The molecule has 0 amide bonds. The highest BCUT2D eigenvalue weighted by Gasteiger charge is 2.16. The molecule has 5 heteroatoms. The fourth-order valence-corrected chi connectivity index (χ4v) is 1.57. The van der Waals surface area contributed by atoms with Crippen LogP contribution in [0.15, 0.2) is 12.3 Å². The van der Waals surface area contributed by atoms with Gasteiger partial charge in [0.2, 0.25) is 5.88 Å². The van der Waals surface area contributed by atoms with Gasteiger partial charge in [0.05, 0.1) is 12.3 Å². The van der Waals surface area contributed by atoms with Crippen molar-refractivity contribution in [2.45, 2.75) is 25.5 Å². The second-order valence-electron chi connectivity index (χ2n) is 3.51. The zero-order valence-electron chi connectivity index (χ0n) is 8.56. The highest BCUT2D eigenvalue weighted by atomic mass is 16.5. The number of aromatic nitrogens is 2. The van der Waals surface area contributed by atoms with Gasteiger partial charge in [-0.2, -0.15) is 5.10 Å². The van der Waals surface area contributed by atoms with Gasteiger partial charge in [-0.25, -0.2) is 0 Å². The second kappa shape index (κ2) is 5.04. The fraction of sp³-hybridized carbons (Fsp3) is 0.600. The fourth-order valence-electron chi connectivity index (χ4n) is 1.57. The standard InChI is InChI=1S/C10H15N3O2/c11-6-8-3-4-12-13-10(8)15-7-9-2-1-5-14-9/h3-4,9H,1-2,5-7,11H2. The molecule has 1 unspecified atom stereocenters. The minimum Gasteiger partial charge on any atom is -0.474 e. The predicted molar refractivity (Wildman–Crippen MR) is 54.4 cm³/mol. The summed E-state index contributed by atoms with van der Waals surface area (Å²) in [5.74, 6) is 0.524. The molecule has 1 aliphatic rings. The maximum Gasteiger partial charge on any atom is 0.238 e. The molecule has 1 aromatic rings. The number of ether oxygens (including phenoxy) is 2. The van der Waals surface area contributed by atoms with E-state index in [2.05, 4.69) is 10.2 Å². The first kappa shape index (κ1) is 10.3. The van der Waals surface area contributed by atoms with E-state index in [-0.39, 0.29) is 6.10 Å². The first-order valence-electron chi connectivity index (χ1n) is 5.15. The molecule has 2 N–H and O–H groups in total. The molecule has 0 bridgehead atoms. The molecule has 5 nitrogen and oxygen atoms in total. The number of nitrogens with two attached hydrogens (primary N) is 1. The highest BCUT2D eigenvalue weighted by Crippen LogP contribution is 2.16. The van der Waals surface area contributed by atoms with E-state index in [1.165, 1.54) is 0 Å². The molecular formula is C10H15N3O2. The van der Waals surface area contributed by atoms with Gasteiger partial charge in [0.15, 0.2) is 0 Å². The van der Waals surface area contributed by atoms with Crippen molar-refractivity contribution in [1.29, 1.82) is 0 Å². The van der Waals surface area contributed by atoms with Crippen LogP contribution in [0.25, 0.3) is 0 Å². The summed E-state index contributed by atoms with van der Waals surface area (Å²) in [5.41, 5.74) is 6.43. The molecule has 1 saturated heterocycles. The van der Waals surface area contributed by atoms with Gasteiger partial charge in [-0.1, -0.05) is 0 Å². The summed E-state index contributed by atoms with van der Waals surface area (Å²) >= 11 is 0. The van der Waals surface area contributed by atoms with Crippen molar-refractivity contribution < 1.29 is 9.47 Å². The van der Waals surface area contributed by atoms with E-state index in [1.807, 2.05) is 6.07 Å². The van der Waals surface area contributed by atoms with Crippen molar-refractivity contribution in [3.05, 3.63) is 17.8 Å². The summed E-state index contributed by atoms with van der Waals surface area (Å²) < 4.78 is 11.0. The number of rotatable bonds is 4. The lowest BCUT2D eigenvalue weighted by molar-refractivity contribution is 0.0656. The quantitative estimate of drug-likeness (QED) is 0.781. The summed E-state index contributed by atoms with van der Waals surface area (Å²) in [7, 11) is 0. The topological polar surface area (TPSA) is 70.3 Å². The summed E-state index contributed by atoms with van der Waals surface area (Å²) in [4.78, 5) is 0. The molecule has 0 spiro atoms. The molecule has 1 atom stereocenters. The third-order valence-electron chi connectivity index (χ3n) is 2.42. The monoisotopic (exact) mass is 209 g/mol. The Labute approximate surface area is 88.6 Å². The van der Waals surface area contributed by atoms with Crippen LogP contribution in [0.4, 0.5) is 0 Å². The van der Waals surface area contributed by atoms with Crippen LogP contribution in [-0.2, 0) is 11.3 Å². The van der Waals surface area contributed by atoms with Gasteiger partial charge in [0.1, 0.15) is 6.61 Å². The number of hydrogen-bond donors (Lipinski definition) is 1. The first-order valence-corrected chi connectivity index (χ1v) is 5.15. The third kappa shape index (κ3) is 2.64. The molecule has 1 aromatic heterocycles. The van der Waals surface area contributed by atoms with E-state index >= 15 is 0 Å². The van der Waals surface area contributed by atoms with Crippen LogP contribution in [-0.4, -0.2) is 29.5 Å². The Balaban J connectivity index is 1.91. The molecule has 0 aliphatic carbocycles. The van der Waals surface area contributed by atoms with E-state index in [9.17, 15) is 0 Å². The van der Waals surface area contributed by atoms with Gasteiger partial charge in [0.25, 0.3) is 0 Å². The van der Waals surface area contributed by atoms with Crippen LogP contribution in [0, 0.1) is 0 Å². The Kier molecular flexibility index (Phi) is 3.47. The Morgan fingerprint density at radius 1 is 1.60 bits per heavy atom. The SMILES string of the molecule is NCc1ccnnc1OCC1CCCO1. The van der Waals surface area contributed by atoms with Crippen LogP contribution in [0.5, 0.6) is 5.88 Å². The Morgan fingerprint density at radius 3 is 3.27 bits per heavy atom. The normalized spacial score (nSPS) is 20.5. The smallest absolute Gasteiger partial charge is 0.238 e. The van der Waals surface area contributed by atoms with Crippen LogP contribution in [0.3, 0.4) is 0 Å². The molecule has 0 radical (unpaired) electrons. The maximum absolute atomic E-state index is 5.56. The molecule has 2 rings (SSSR count). The van der Waals surface area contributed by atoms with Crippen molar-refractivity contribution in [3.63, 3.8) is 0 Å². The number of nitrogens with zero attached hydrogens (tertiary/aromatic N) is 2.